The summed E-state index contributed by atoms with van der Waals surface area (Å²) in [6, 6.07) is 11.7. The number of nitriles is 1. The van der Waals surface area contributed by atoms with E-state index in [4.69, 9.17) is 4.74 Å². The van der Waals surface area contributed by atoms with Gasteiger partial charge < -0.3 is 9.84 Å². The molecule has 7 heteroatoms. The largest absolute Gasteiger partial charge is 0.497 e. The molecule has 3 rings (SSSR count). The van der Waals surface area contributed by atoms with Crippen LogP contribution in [0, 0.1) is 18.3 Å². The Labute approximate surface area is 161 Å². The van der Waals surface area contributed by atoms with Gasteiger partial charge in [0.25, 0.3) is 5.56 Å². The number of aromatic hydroxyl groups is 1. The van der Waals surface area contributed by atoms with Gasteiger partial charge >= 0.3 is 0 Å². The van der Waals surface area contributed by atoms with E-state index in [1.54, 1.807) is 42.7 Å². The number of nitrogens with zero attached hydrogens (tertiary/aromatic N) is 3. The molecule has 140 valence electrons. The molecule has 0 saturated heterocycles. The predicted octanol–water partition coefficient (Wildman–Crippen LogP) is 2.42. The Bertz CT molecular complexity index is 1140. The number of methoxy groups -OCH3 is 1. The van der Waals surface area contributed by atoms with Crippen molar-refractivity contribution in [3.05, 3.63) is 87.0 Å². The van der Waals surface area contributed by atoms with E-state index in [9.17, 15) is 20.0 Å². The van der Waals surface area contributed by atoms with Crippen LogP contribution in [-0.4, -0.2) is 27.6 Å². The van der Waals surface area contributed by atoms with Crippen molar-refractivity contribution in [3.8, 4) is 17.7 Å². The first-order valence-corrected chi connectivity index (χ1v) is 8.42. The first-order valence-electron chi connectivity index (χ1n) is 8.42. The number of ether oxygens (including phenoxy) is 1. The summed E-state index contributed by atoms with van der Waals surface area (Å²) in [6.07, 6.45) is 3.13. The van der Waals surface area contributed by atoms with Gasteiger partial charge in [0.1, 0.15) is 17.4 Å². The second-order valence-corrected chi connectivity index (χ2v) is 6.12. The summed E-state index contributed by atoms with van der Waals surface area (Å²) >= 11 is 0. The molecule has 0 amide bonds. The Hall–Kier alpha value is -3.92. The third-order valence-electron chi connectivity index (χ3n) is 4.42. The Balaban J connectivity index is 2.20. The lowest BCUT2D eigenvalue weighted by molar-refractivity contribution is 0.103. The number of carbonyl (C=O) groups is 1. The van der Waals surface area contributed by atoms with E-state index in [0.717, 1.165) is 4.57 Å². The monoisotopic (exact) mass is 375 g/mol. The molecule has 0 bridgehead atoms. The minimum Gasteiger partial charge on any atom is -0.497 e. The smallest absolute Gasteiger partial charge is 0.271 e. The van der Waals surface area contributed by atoms with Crippen LogP contribution in [0.25, 0.3) is 0 Å². The van der Waals surface area contributed by atoms with Crippen molar-refractivity contribution in [1.82, 2.24) is 9.55 Å². The maximum Gasteiger partial charge on any atom is 0.271 e. The zero-order valence-electron chi connectivity index (χ0n) is 15.3. The van der Waals surface area contributed by atoms with Crippen molar-refractivity contribution in [2.75, 3.05) is 7.11 Å². The van der Waals surface area contributed by atoms with Crippen molar-refractivity contribution < 1.29 is 14.6 Å². The molecule has 1 N–H and O–H groups in total. The van der Waals surface area contributed by atoms with Gasteiger partial charge in [-0.05, 0) is 36.2 Å². The lowest BCUT2D eigenvalue weighted by atomic mass is 9.97. The van der Waals surface area contributed by atoms with Crippen LogP contribution in [0.4, 0.5) is 0 Å². The van der Waals surface area contributed by atoms with Gasteiger partial charge in [-0.15, -0.1) is 0 Å². The summed E-state index contributed by atoms with van der Waals surface area (Å²) < 4.78 is 6.15. The van der Waals surface area contributed by atoms with Crippen LogP contribution in [0.1, 0.15) is 32.6 Å². The first kappa shape index (κ1) is 18.9. The van der Waals surface area contributed by atoms with E-state index in [1.165, 1.54) is 20.1 Å². The van der Waals surface area contributed by atoms with Crippen LogP contribution in [0.5, 0.6) is 11.6 Å². The molecule has 2 aromatic heterocycles. The molecule has 0 aliphatic rings. The molecule has 28 heavy (non-hydrogen) atoms. The fourth-order valence-electron chi connectivity index (χ4n) is 2.95. The summed E-state index contributed by atoms with van der Waals surface area (Å²) in [6.45, 7) is 1.45. The maximum absolute atomic E-state index is 13.1. The van der Waals surface area contributed by atoms with E-state index in [0.29, 0.717) is 11.3 Å². The number of ketones is 1. The summed E-state index contributed by atoms with van der Waals surface area (Å²) in [4.78, 5) is 29.8. The molecule has 0 fully saturated rings. The predicted molar refractivity (Wildman–Crippen MR) is 102 cm³/mol. The number of pyridine rings is 2. The molecule has 1 aromatic carbocycles. The molecule has 0 saturated carbocycles. The van der Waals surface area contributed by atoms with Gasteiger partial charge in [-0.1, -0.05) is 18.2 Å². The fourth-order valence-corrected chi connectivity index (χ4v) is 2.95. The van der Waals surface area contributed by atoms with Crippen LogP contribution in [-0.2, 0) is 6.54 Å². The number of hydrogen-bond donors (Lipinski definition) is 1. The van der Waals surface area contributed by atoms with Crippen molar-refractivity contribution in [2.24, 2.45) is 0 Å². The number of rotatable bonds is 5. The highest BCUT2D eigenvalue weighted by Crippen LogP contribution is 2.26. The highest BCUT2D eigenvalue weighted by Gasteiger charge is 2.25. The molecule has 0 radical (unpaired) electrons. The Morgan fingerprint density at radius 1 is 1.32 bits per heavy atom. The lowest BCUT2D eigenvalue weighted by Gasteiger charge is -2.15. The summed E-state index contributed by atoms with van der Waals surface area (Å²) in [5, 5.41) is 20.2. The Morgan fingerprint density at radius 3 is 2.75 bits per heavy atom. The number of aromatic nitrogens is 2. The number of hydrogen-bond acceptors (Lipinski definition) is 6. The topological polar surface area (TPSA) is 105 Å². The van der Waals surface area contributed by atoms with Crippen molar-refractivity contribution >= 4 is 5.78 Å². The molecule has 0 atom stereocenters. The molecule has 0 aliphatic carbocycles. The second kappa shape index (κ2) is 7.76. The van der Waals surface area contributed by atoms with Crippen LogP contribution >= 0.6 is 0 Å². The molecule has 0 spiro atoms. The van der Waals surface area contributed by atoms with Crippen molar-refractivity contribution in [1.29, 1.82) is 5.26 Å². The van der Waals surface area contributed by atoms with Gasteiger partial charge in [0.05, 0.1) is 19.2 Å². The molecule has 3 aromatic rings. The van der Waals surface area contributed by atoms with E-state index in [-0.39, 0.29) is 28.8 Å². The van der Waals surface area contributed by atoms with Gasteiger partial charge in [0, 0.05) is 18.0 Å². The van der Waals surface area contributed by atoms with Crippen LogP contribution in [0.15, 0.2) is 53.6 Å². The number of benzene rings is 1. The normalized spacial score (nSPS) is 10.3. The highest BCUT2D eigenvalue weighted by atomic mass is 16.5. The van der Waals surface area contributed by atoms with Gasteiger partial charge in [0.15, 0.2) is 5.78 Å². The average Bonchev–Trinajstić information content (AvgIpc) is 2.72. The van der Waals surface area contributed by atoms with E-state index in [2.05, 4.69) is 4.98 Å². The molecular formula is C21H17N3O4. The van der Waals surface area contributed by atoms with Crippen LogP contribution < -0.4 is 10.3 Å². The molecule has 0 aliphatic heterocycles. The summed E-state index contributed by atoms with van der Waals surface area (Å²) in [5.41, 5.74) is 0.116. The van der Waals surface area contributed by atoms with E-state index < -0.39 is 17.2 Å². The second-order valence-electron chi connectivity index (χ2n) is 6.12. The average molecular weight is 375 g/mol. The van der Waals surface area contributed by atoms with Crippen LogP contribution in [0.2, 0.25) is 0 Å². The van der Waals surface area contributed by atoms with E-state index in [1.807, 2.05) is 6.07 Å². The van der Waals surface area contributed by atoms with Gasteiger partial charge in [0.2, 0.25) is 5.88 Å². The molecule has 7 nitrogen and oxygen atoms in total. The zero-order chi connectivity index (χ0) is 20.3. The number of carbonyl (C=O) groups excluding carboxylic acids is 1. The van der Waals surface area contributed by atoms with Gasteiger partial charge in [-0.25, -0.2) is 0 Å². The molecule has 0 unspecified atom stereocenters. The zero-order valence-corrected chi connectivity index (χ0v) is 15.3. The Kier molecular flexibility index (Phi) is 5.23. The maximum atomic E-state index is 13.1. The van der Waals surface area contributed by atoms with Crippen molar-refractivity contribution in [3.63, 3.8) is 0 Å². The third kappa shape index (κ3) is 3.35. The van der Waals surface area contributed by atoms with E-state index >= 15 is 0 Å². The minimum atomic E-state index is -0.663. The highest BCUT2D eigenvalue weighted by molar-refractivity contribution is 6.11. The quantitative estimate of drug-likeness (QED) is 0.687. The first-order chi connectivity index (χ1) is 13.5. The Morgan fingerprint density at radius 2 is 2.11 bits per heavy atom. The van der Waals surface area contributed by atoms with Crippen molar-refractivity contribution in [2.45, 2.75) is 13.5 Å². The summed E-state index contributed by atoms with van der Waals surface area (Å²) in [5.74, 6) is -0.518. The lowest BCUT2D eigenvalue weighted by Crippen LogP contribution is -2.27. The van der Waals surface area contributed by atoms with Gasteiger partial charge in [-0.3, -0.25) is 19.1 Å². The minimum absolute atomic E-state index is 0.0220. The third-order valence-corrected chi connectivity index (χ3v) is 4.42. The summed E-state index contributed by atoms with van der Waals surface area (Å²) in [7, 11) is 1.48. The van der Waals surface area contributed by atoms with Crippen LogP contribution in [0.3, 0.4) is 0 Å². The molecular weight excluding hydrogens is 358 g/mol. The fraction of sp³-hybridized carbons (Fsp3) is 0.143. The SMILES string of the molecule is COc1cccc(C(=O)c2c(C)c(C#N)c(=O)n(Cc3cccnc3)c2O)c1. The molecule has 2 heterocycles. The van der Waals surface area contributed by atoms with Gasteiger partial charge in [-0.2, -0.15) is 5.26 Å². The standard InChI is InChI=1S/C21H17N3O4/c1-13-17(10-22)20(26)24(12-14-5-4-8-23-11-14)21(27)18(13)19(25)15-6-3-7-16(9-15)28-2/h3-9,11,27H,12H2,1-2H3.